The van der Waals surface area contributed by atoms with Gasteiger partial charge in [-0.3, -0.25) is 0 Å². The average Bonchev–Trinajstić information content (AvgIpc) is 2.31. The Balaban J connectivity index is 2.10. The van der Waals surface area contributed by atoms with Crippen molar-refractivity contribution in [2.75, 3.05) is 46.9 Å². The highest BCUT2D eigenvalue weighted by molar-refractivity contribution is 5.75. The van der Waals surface area contributed by atoms with Gasteiger partial charge in [-0.15, -0.1) is 0 Å². The molecule has 1 fully saturated rings. The second-order valence-corrected chi connectivity index (χ2v) is 5.73. The van der Waals surface area contributed by atoms with Crippen LogP contribution in [0, 0.1) is 0 Å². The minimum Gasteiger partial charge on any atom is -0.480 e. The van der Waals surface area contributed by atoms with E-state index in [1.165, 1.54) is 0 Å². The van der Waals surface area contributed by atoms with Gasteiger partial charge in [-0.1, -0.05) is 0 Å². The molecule has 7 heteroatoms. The maximum Gasteiger partial charge on any atom is 0.329 e. The van der Waals surface area contributed by atoms with Crippen LogP contribution in [0.15, 0.2) is 0 Å². The molecule has 1 rings (SSSR count). The molecule has 0 saturated carbocycles. The monoisotopic (exact) mass is 287 g/mol. The molecule has 2 amide bonds. The third kappa shape index (κ3) is 5.75. The summed E-state index contributed by atoms with van der Waals surface area (Å²) >= 11 is 0. The van der Waals surface area contributed by atoms with Crippen molar-refractivity contribution in [3.63, 3.8) is 0 Å². The maximum atomic E-state index is 11.8. The number of rotatable bonds is 8. The number of likely N-dealkylation sites (tertiary alicyclic amines) is 1. The molecule has 0 aromatic heterocycles. The Bertz CT molecular complexity index is 341. The summed E-state index contributed by atoms with van der Waals surface area (Å²) < 4.78 is 5.25. The summed E-state index contributed by atoms with van der Waals surface area (Å²) in [6, 6.07) is -0.105. The van der Waals surface area contributed by atoms with Crippen LogP contribution < -0.4 is 5.32 Å². The smallest absolute Gasteiger partial charge is 0.329 e. The van der Waals surface area contributed by atoms with Crippen LogP contribution in [0.3, 0.4) is 0 Å². The van der Waals surface area contributed by atoms with E-state index in [0.29, 0.717) is 19.6 Å². The van der Waals surface area contributed by atoms with Crippen molar-refractivity contribution in [1.29, 1.82) is 0 Å². The van der Waals surface area contributed by atoms with Crippen LogP contribution in [0.1, 0.15) is 19.8 Å². The van der Waals surface area contributed by atoms with Crippen LogP contribution in [-0.4, -0.2) is 79.4 Å². The fourth-order valence-electron chi connectivity index (χ4n) is 2.09. The molecule has 0 radical (unpaired) electrons. The van der Waals surface area contributed by atoms with Gasteiger partial charge >= 0.3 is 12.0 Å². The number of carboxylic acids is 1. The van der Waals surface area contributed by atoms with Gasteiger partial charge in [-0.05, 0) is 40.4 Å². The van der Waals surface area contributed by atoms with Crippen molar-refractivity contribution >= 4 is 12.0 Å². The van der Waals surface area contributed by atoms with Gasteiger partial charge in [0.2, 0.25) is 0 Å². The van der Waals surface area contributed by atoms with Crippen molar-refractivity contribution in [2.45, 2.75) is 25.4 Å². The largest absolute Gasteiger partial charge is 0.480 e. The van der Waals surface area contributed by atoms with Gasteiger partial charge in [-0.2, -0.15) is 0 Å². The van der Waals surface area contributed by atoms with E-state index >= 15 is 0 Å². The molecule has 1 heterocycles. The van der Waals surface area contributed by atoms with E-state index in [2.05, 4.69) is 10.2 Å². The van der Waals surface area contributed by atoms with Gasteiger partial charge in [0.25, 0.3) is 0 Å². The Labute approximate surface area is 119 Å². The Morgan fingerprint density at radius 1 is 1.35 bits per heavy atom. The highest BCUT2D eigenvalue weighted by atomic mass is 16.5. The molecule has 0 aliphatic carbocycles. The van der Waals surface area contributed by atoms with Crippen molar-refractivity contribution in [3.05, 3.63) is 0 Å². The first-order valence-corrected chi connectivity index (χ1v) is 6.86. The molecule has 0 bridgehead atoms. The zero-order valence-corrected chi connectivity index (χ0v) is 12.5. The second-order valence-electron chi connectivity index (χ2n) is 5.73. The number of hydrogen-bond donors (Lipinski definition) is 2. The first kappa shape index (κ1) is 16.7. The highest BCUT2D eigenvalue weighted by Gasteiger charge is 2.42. The van der Waals surface area contributed by atoms with Crippen molar-refractivity contribution in [2.24, 2.45) is 0 Å². The molecule has 1 aliphatic heterocycles. The summed E-state index contributed by atoms with van der Waals surface area (Å²) in [6.07, 6.45) is 2.00. The van der Waals surface area contributed by atoms with E-state index in [-0.39, 0.29) is 12.6 Å². The fourth-order valence-corrected chi connectivity index (χ4v) is 2.09. The van der Waals surface area contributed by atoms with Gasteiger partial charge in [0.15, 0.2) is 0 Å². The van der Waals surface area contributed by atoms with Crippen molar-refractivity contribution < 1.29 is 19.4 Å². The average molecular weight is 287 g/mol. The number of nitrogens with one attached hydrogen (secondary N) is 1. The quantitative estimate of drug-likeness (QED) is 0.624. The first-order valence-electron chi connectivity index (χ1n) is 6.86. The third-order valence-electron chi connectivity index (χ3n) is 3.19. The van der Waals surface area contributed by atoms with Crippen LogP contribution in [0.4, 0.5) is 4.79 Å². The number of carboxylic acid groups (broad SMARTS) is 1. The van der Waals surface area contributed by atoms with Crippen LogP contribution >= 0.6 is 0 Å². The zero-order valence-electron chi connectivity index (χ0n) is 12.5. The van der Waals surface area contributed by atoms with Gasteiger partial charge < -0.3 is 25.0 Å². The Morgan fingerprint density at radius 2 is 2.00 bits per heavy atom. The molecule has 20 heavy (non-hydrogen) atoms. The van der Waals surface area contributed by atoms with Crippen LogP contribution in [-0.2, 0) is 9.53 Å². The lowest BCUT2D eigenvalue weighted by Crippen LogP contribution is -2.65. The first-order chi connectivity index (χ1) is 9.32. The van der Waals surface area contributed by atoms with Gasteiger partial charge in [0, 0.05) is 6.54 Å². The Hall–Kier alpha value is -1.34. The molecule has 7 nitrogen and oxygen atoms in total. The third-order valence-corrected chi connectivity index (χ3v) is 3.19. The van der Waals surface area contributed by atoms with E-state index in [0.717, 1.165) is 19.4 Å². The molecule has 0 aromatic rings. The summed E-state index contributed by atoms with van der Waals surface area (Å²) in [4.78, 5) is 26.0. The summed E-state index contributed by atoms with van der Waals surface area (Å²) in [6.45, 7) is 4.04. The standard InChI is InChI=1S/C13H25N3O4/c1-13(20-8-11(17)18)9-16(10-13)12(19)14-6-4-5-7-15(2)3/h4-10H2,1-3H3,(H,14,19)(H,17,18). The number of amides is 2. The fraction of sp³-hybridized carbons (Fsp3) is 0.846. The maximum absolute atomic E-state index is 11.8. The summed E-state index contributed by atoms with van der Waals surface area (Å²) in [7, 11) is 4.05. The topological polar surface area (TPSA) is 82.1 Å². The minimum atomic E-state index is -0.991. The van der Waals surface area contributed by atoms with E-state index in [4.69, 9.17) is 9.84 Å². The molecular weight excluding hydrogens is 262 g/mol. The number of carbonyl (C=O) groups excluding carboxylic acids is 1. The predicted octanol–water partition coefficient (Wildman–Crippen LogP) is 0.213. The molecule has 1 aliphatic rings. The summed E-state index contributed by atoms with van der Waals surface area (Å²) in [5, 5.41) is 11.4. The van der Waals surface area contributed by atoms with Crippen molar-refractivity contribution in [1.82, 2.24) is 15.1 Å². The molecule has 0 spiro atoms. The summed E-state index contributed by atoms with van der Waals surface area (Å²) in [5.41, 5.74) is -0.527. The molecule has 0 unspecified atom stereocenters. The molecule has 2 N–H and O–H groups in total. The van der Waals surface area contributed by atoms with E-state index < -0.39 is 11.6 Å². The number of unbranched alkanes of at least 4 members (excludes halogenated alkanes) is 1. The number of nitrogens with zero attached hydrogens (tertiary/aromatic N) is 2. The number of aliphatic carboxylic acids is 1. The molecule has 116 valence electrons. The second kappa shape index (κ2) is 7.44. The lowest BCUT2D eigenvalue weighted by molar-refractivity contribution is -0.159. The van der Waals surface area contributed by atoms with E-state index in [9.17, 15) is 9.59 Å². The lowest BCUT2D eigenvalue weighted by atomic mass is 9.97. The molecular formula is C13H25N3O4. The van der Waals surface area contributed by atoms with Gasteiger partial charge in [0.05, 0.1) is 13.1 Å². The molecule has 0 aromatic carbocycles. The number of urea groups is 1. The van der Waals surface area contributed by atoms with Gasteiger partial charge in [0.1, 0.15) is 12.2 Å². The van der Waals surface area contributed by atoms with E-state index in [1.54, 1.807) is 4.90 Å². The molecule has 0 atom stereocenters. The van der Waals surface area contributed by atoms with Crippen LogP contribution in [0.5, 0.6) is 0 Å². The summed E-state index contributed by atoms with van der Waals surface area (Å²) in [5.74, 6) is -0.991. The van der Waals surface area contributed by atoms with Crippen LogP contribution in [0.25, 0.3) is 0 Å². The molecule has 1 saturated heterocycles. The van der Waals surface area contributed by atoms with Crippen LogP contribution in [0.2, 0.25) is 0 Å². The van der Waals surface area contributed by atoms with Crippen molar-refractivity contribution in [3.8, 4) is 0 Å². The minimum absolute atomic E-state index is 0.105. The van der Waals surface area contributed by atoms with Gasteiger partial charge in [-0.25, -0.2) is 9.59 Å². The number of ether oxygens (including phenoxy) is 1. The highest BCUT2D eigenvalue weighted by Crippen LogP contribution is 2.24. The van der Waals surface area contributed by atoms with E-state index in [1.807, 2.05) is 21.0 Å². The Morgan fingerprint density at radius 3 is 2.55 bits per heavy atom. The number of carbonyl (C=O) groups is 2. The predicted molar refractivity (Wildman–Crippen MR) is 74.8 cm³/mol. The lowest BCUT2D eigenvalue weighted by Gasteiger charge is -2.46. The number of hydrogen-bond acceptors (Lipinski definition) is 4. The normalized spacial score (nSPS) is 16.9. The Kier molecular flexibility index (Phi) is 6.22. The zero-order chi connectivity index (χ0) is 15.2. The SMILES string of the molecule is CN(C)CCCCNC(=O)N1CC(C)(OCC(=O)O)C1.